The van der Waals surface area contributed by atoms with Gasteiger partial charge in [0.15, 0.2) is 5.75 Å². The normalized spacial score (nSPS) is 9.57. The van der Waals surface area contributed by atoms with Crippen molar-refractivity contribution in [1.29, 1.82) is 0 Å². The molecule has 0 aliphatic heterocycles. The molecule has 0 saturated carbocycles. The highest BCUT2D eigenvalue weighted by Crippen LogP contribution is 2.12. The number of hydroxylamine groups is 1. The number of amides is 1. The lowest BCUT2D eigenvalue weighted by Gasteiger charge is -2.05. The Morgan fingerprint density at radius 1 is 1.36 bits per heavy atom. The van der Waals surface area contributed by atoms with Crippen LogP contribution in [-0.2, 0) is 11.2 Å². The summed E-state index contributed by atoms with van der Waals surface area (Å²) in [6, 6.07) is 7.70. The van der Waals surface area contributed by atoms with Crippen LogP contribution in [0.4, 0.5) is 0 Å². The molecule has 0 aliphatic rings. The molecule has 3 heteroatoms. The van der Waals surface area contributed by atoms with E-state index < -0.39 is 0 Å². The van der Waals surface area contributed by atoms with Gasteiger partial charge in [0.05, 0.1) is 0 Å². The summed E-state index contributed by atoms with van der Waals surface area (Å²) < 4.78 is 0. The zero-order valence-electron chi connectivity index (χ0n) is 8.54. The van der Waals surface area contributed by atoms with Crippen molar-refractivity contribution < 1.29 is 9.63 Å². The number of hydrogen-bond acceptors (Lipinski definition) is 2. The highest BCUT2D eigenvalue weighted by atomic mass is 16.7. The topological polar surface area (TPSA) is 38.3 Å². The molecule has 0 heterocycles. The summed E-state index contributed by atoms with van der Waals surface area (Å²) in [5.41, 5.74) is 3.55. The fourth-order valence-electron chi connectivity index (χ4n) is 1.14. The summed E-state index contributed by atoms with van der Waals surface area (Å²) in [5.74, 6) is 0.447. The van der Waals surface area contributed by atoms with Gasteiger partial charge in [-0.25, -0.2) is 0 Å². The molecule has 1 aromatic carbocycles. The maximum absolute atomic E-state index is 10.6. The van der Waals surface area contributed by atoms with Gasteiger partial charge in [0, 0.05) is 6.92 Å². The Morgan fingerprint density at radius 3 is 2.50 bits per heavy atom. The van der Waals surface area contributed by atoms with Crippen molar-refractivity contribution in [3.05, 3.63) is 29.8 Å². The molecule has 0 bridgehead atoms. The highest BCUT2D eigenvalue weighted by molar-refractivity contribution is 5.71. The third-order valence-corrected chi connectivity index (χ3v) is 1.77. The molecule has 1 N–H and O–H groups in total. The van der Waals surface area contributed by atoms with E-state index in [4.69, 9.17) is 4.84 Å². The van der Waals surface area contributed by atoms with Crippen LogP contribution in [0.5, 0.6) is 5.75 Å². The van der Waals surface area contributed by atoms with Crippen LogP contribution in [0.15, 0.2) is 24.3 Å². The van der Waals surface area contributed by atoms with E-state index in [1.54, 1.807) is 0 Å². The monoisotopic (exact) mass is 193 g/mol. The Balaban J connectivity index is 2.50. The van der Waals surface area contributed by atoms with Crippen molar-refractivity contribution in [3.63, 3.8) is 0 Å². The predicted molar refractivity (Wildman–Crippen MR) is 54.9 cm³/mol. The Kier molecular flexibility index (Phi) is 3.98. The first-order valence-corrected chi connectivity index (χ1v) is 4.74. The molecular weight excluding hydrogens is 178 g/mol. The van der Waals surface area contributed by atoms with Crippen molar-refractivity contribution in [2.75, 3.05) is 0 Å². The van der Waals surface area contributed by atoms with Gasteiger partial charge >= 0.3 is 0 Å². The average molecular weight is 193 g/mol. The largest absolute Gasteiger partial charge is 0.380 e. The minimum Gasteiger partial charge on any atom is -0.380 e. The van der Waals surface area contributed by atoms with Crippen LogP contribution in [0.1, 0.15) is 25.8 Å². The molecule has 0 spiro atoms. The second kappa shape index (κ2) is 5.27. The van der Waals surface area contributed by atoms with E-state index >= 15 is 0 Å². The summed E-state index contributed by atoms with van der Waals surface area (Å²) >= 11 is 0. The molecule has 3 nitrogen and oxygen atoms in total. The lowest BCUT2D eigenvalue weighted by Crippen LogP contribution is -2.23. The van der Waals surface area contributed by atoms with Crippen LogP contribution < -0.4 is 10.3 Å². The maximum atomic E-state index is 10.6. The number of aryl methyl sites for hydroxylation is 1. The van der Waals surface area contributed by atoms with Crippen LogP contribution in [0.3, 0.4) is 0 Å². The van der Waals surface area contributed by atoms with E-state index in [9.17, 15) is 4.79 Å². The molecule has 0 atom stereocenters. The molecular formula is C11H15NO2. The Labute approximate surface area is 84.0 Å². The molecule has 1 aromatic rings. The van der Waals surface area contributed by atoms with Gasteiger partial charge in [-0.15, -0.1) is 0 Å². The Morgan fingerprint density at radius 2 is 2.00 bits per heavy atom. The second-order valence-corrected chi connectivity index (χ2v) is 3.15. The smallest absolute Gasteiger partial charge is 0.249 e. The minimum atomic E-state index is -0.206. The molecule has 0 fully saturated rings. The zero-order chi connectivity index (χ0) is 10.4. The first-order valence-electron chi connectivity index (χ1n) is 4.74. The average Bonchev–Trinajstić information content (AvgIpc) is 2.17. The fraction of sp³-hybridized carbons (Fsp3) is 0.364. The Hall–Kier alpha value is -1.51. The third kappa shape index (κ3) is 3.47. The SMILES string of the molecule is CCCc1ccc(ONC(C)=O)cc1. The lowest BCUT2D eigenvalue weighted by molar-refractivity contribution is -0.125. The van der Waals surface area contributed by atoms with Crippen LogP contribution in [0, 0.1) is 0 Å². The van der Waals surface area contributed by atoms with E-state index in [0.717, 1.165) is 12.8 Å². The van der Waals surface area contributed by atoms with E-state index in [1.165, 1.54) is 12.5 Å². The molecule has 0 radical (unpaired) electrons. The highest BCUT2D eigenvalue weighted by Gasteiger charge is 1.96. The van der Waals surface area contributed by atoms with Crippen LogP contribution in [-0.4, -0.2) is 5.91 Å². The van der Waals surface area contributed by atoms with Gasteiger partial charge in [-0.1, -0.05) is 25.5 Å². The van der Waals surface area contributed by atoms with Gasteiger partial charge in [-0.2, -0.15) is 5.48 Å². The van der Waals surface area contributed by atoms with Gasteiger partial charge in [0.1, 0.15) is 0 Å². The van der Waals surface area contributed by atoms with Crippen LogP contribution in [0.2, 0.25) is 0 Å². The van der Waals surface area contributed by atoms with Gasteiger partial charge in [-0.3, -0.25) is 4.79 Å². The lowest BCUT2D eigenvalue weighted by atomic mass is 10.1. The summed E-state index contributed by atoms with van der Waals surface area (Å²) in [5, 5.41) is 0. The quantitative estimate of drug-likeness (QED) is 0.743. The summed E-state index contributed by atoms with van der Waals surface area (Å²) in [6.07, 6.45) is 2.20. The molecule has 1 amide bonds. The first kappa shape index (κ1) is 10.6. The molecule has 0 unspecified atom stereocenters. The minimum absolute atomic E-state index is 0.206. The van der Waals surface area contributed by atoms with Gasteiger partial charge in [0.25, 0.3) is 0 Å². The molecule has 0 aromatic heterocycles. The van der Waals surface area contributed by atoms with Crippen molar-refractivity contribution in [2.24, 2.45) is 0 Å². The van der Waals surface area contributed by atoms with E-state index in [-0.39, 0.29) is 5.91 Å². The van der Waals surface area contributed by atoms with Crippen molar-refractivity contribution in [3.8, 4) is 5.75 Å². The van der Waals surface area contributed by atoms with E-state index in [1.807, 2.05) is 24.3 Å². The van der Waals surface area contributed by atoms with E-state index in [2.05, 4.69) is 12.4 Å². The van der Waals surface area contributed by atoms with E-state index in [0.29, 0.717) is 5.75 Å². The number of rotatable bonds is 4. The Bertz CT molecular complexity index is 293. The standard InChI is InChI=1S/C11H15NO2/c1-3-4-10-5-7-11(8-6-10)14-12-9(2)13/h5-8H,3-4H2,1-2H3,(H,12,13). The van der Waals surface area contributed by atoms with Crippen LogP contribution >= 0.6 is 0 Å². The fourth-order valence-corrected chi connectivity index (χ4v) is 1.14. The summed E-state index contributed by atoms with van der Waals surface area (Å²) in [6.45, 7) is 3.55. The molecule has 0 saturated heterocycles. The van der Waals surface area contributed by atoms with Crippen molar-refractivity contribution in [1.82, 2.24) is 5.48 Å². The number of hydrogen-bond donors (Lipinski definition) is 1. The number of nitrogens with one attached hydrogen (secondary N) is 1. The number of benzene rings is 1. The first-order chi connectivity index (χ1) is 6.72. The molecule has 0 aliphatic carbocycles. The third-order valence-electron chi connectivity index (χ3n) is 1.77. The molecule has 76 valence electrons. The van der Waals surface area contributed by atoms with Gasteiger partial charge < -0.3 is 4.84 Å². The molecule has 1 rings (SSSR count). The maximum Gasteiger partial charge on any atom is 0.249 e. The second-order valence-electron chi connectivity index (χ2n) is 3.15. The predicted octanol–water partition coefficient (Wildman–Crippen LogP) is 2.07. The summed E-state index contributed by atoms with van der Waals surface area (Å²) in [7, 11) is 0. The summed E-state index contributed by atoms with van der Waals surface area (Å²) in [4.78, 5) is 15.6. The van der Waals surface area contributed by atoms with Gasteiger partial charge in [0.2, 0.25) is 5.91 Å². The number of carbonyl (C=O) groups is 1. The zero-order valence-corrected chi connectivity index (χ0v) is 8.54. The van der Waals surface area contributed by atoms with Crippen molar-refractivity contribution in [2.45, 2.75) is 26.7 Å². The van der Waals surface area contributed by atoms with Crippen LogP contribution in [0.25, 0.3) is 0 Å². The molecule has 14 heavy (non-hydrogen) atoms. The van der Waals surface area contributed by atoms with Gasteiger partial charge in [-0.05, 0) is 24.1 Å². The number of carbonyl (C=O) groups excluding carboxylic acids is 1. The van der Waals surface area contributed by atoms with Crippen molar-refractivity contribution >= 4 is 5.91 Å².